The van der Waals surface area contributed by atoms with Gasteiger partial charge in [0.15, 0.2) is 17.0 Å². The Labute approximate surface area is 209 Å². The molecular weight excluding hydrogens is 452 g/mol. The molecule has 1 aromatic carbocycles. The van der Waals surface area contributed by atoms with Crippen LogP contribution in [0.5, 0.6) is 0 Å². The molecule has 0 spiro atoms. The third kappa shape index (κ3) is 7.99. The summed E-state index contributed by atoms with van der Waals surface area (Å²) < 4.78 is 34.5. The smallest absolute Gasteiger partial charge is 0.323 e. The number of hydrogen-bond donors (Lipinski definition) is 1. The van der Waals surface area contributed by atoms with Gasteiger partial charge in [0.1, 0.15) is 0 Å². The van der Waals surface area contributed by atoms with E-state index in [2.05, 4.69) is 6.92 Å². The third-order valence-corrected chi connectivity index (χ3v) is 7.47. The van der Waals surface area contributed by atoms with E-state index < -0.39 is 29.0 Å². The highest BCUT2D eigenvalue weighted by molar-refractivity contribution is 5.99. The van der Waals surface area contributed by atoms with E-state index in [4.69, 9.17) is 4.74 Å². The molecule has 0 aliphatic heterocycles. The summed E-state index contributed by atoms with van der Waals surface area (Å²) in [5.41, 5.74) is -0.787. The fraction of sp³-hybridized carbons (Fsp3) is 0.714. The minimum Gasteiger partial charge on any atom is -0.480 e. The van der Waals surface area contributed by atoms with Crippen molar-refractivity contribution in [2.75, 3.05) is 13.7 Å². The molecule has 1 N–H and O–H groups in total. The minimum atomic E-state index is -1.51. The quantitative estimate of drug-likeness (QED) is 0.167. The van der Waals surface area contributed by atoms with Crippen LogP contribution in [0.25, 0.3) is 0 Å². The van der Waals surface area contributed by atoms with E-state index in [1.165, 1.54) is 32.1 Å². The maximum absolute atomic E-state index is 14.8. The zero-order valence-corrected chi connectivity index (χ0v) is 21.7. The highest BCUT2D eigenvalue weighted by Gasteiger charge is 2.50. The van der Waals surface area contributed by atoms with Gasteiger partial charge in [-0.1, -0.05) is 64.0 Å². The number of aryl methyl sites for hydroxylation is 1. The molecule has 1 aromatic rings. The van der Waals surface area contributed by atoms with E-state index in [0.717, 1.165) is 19.3 Å². The number of carbonyl (C=O) groups is 2. The number of carboxylic acids is 1. The molecule has 0 aromatic heterocycles. The zero-order valence-electron chi connectivity index (χ0n) is 21.7. The molecule has 0 saturated heterocycles. The first kappa shape index (κ1) is 29.2. The standard InChI is InChI=1S/C28H43F2NO4/c1-4-6-7-8-9-10-11-12-13-21-14-15-22(25(30)24(21)29)20-31(3)23-16-18-28(19-17-23,26(32)33)27(34)35-5-2/h14-15,23H,4-13,16-20H2,1-3H3,(H,32,33). The Hall–Kier alpha value is -2.02. The summed E-state index contributed by atoms with van der Waals surface area (Å²) in [6.45, 7) is 4.22. The maximum atomic E-state index is 14.8. The minimum absolute atomic E-state index is 0.0173. The van der Waals surface area contributed by atoms with Crippen LogP contribution in [0.3, 0.4) is 0 Å². The van der Waals surface area contributed by atoms with Crippen molar-refractivity contribution in [3.05, 3.63) is 34.9 Å². The lowest BCUT2D eigenvalue weighted by Gasteiger charge is -2.38. The molecule has 1 aliphatic rings. The Bertz CT molecular complexity index is 821. The average Bonchev–Trinajstić information content (AvgIpc) is 2.84. The summed E-state index contributed by atoms with van der Waals surface area (Å²) >= 11 is 0. The number of hydrogen-bond acceptors (Lipinski definition) is 4. The first-order chi connectivity index (χ1) is 16.8. The van der Waals surface area contributed by atoms with Crippen LogP contribution in [0.2, 0.25) is 0 Å². The molecule has 7 heteroatoms. The second-order valence-electron chi connectivity index (χ2n) is 9.99. The van der Waals surface area contributed by atoms with Gasteiger partial charge >= 0.3 is 11.9 Å². The van der Waals surface area contributed by atoms with E-state index in [9.17, 15) is 23.5 Å². The van der Waals surface area contributed by atoms with E-state index >= 15 is 0 Å². The van der Waals surface area contributed by atoms with E-state index in [-0.39, 0.29) is 32.0 Å². The number of halogens is 2. The molecular formula is C28H43F2NO4. The second-order valence-corrected chi connectivity index (χ2v) is 9.99. The fourth-order valence-electron chi connectivity index (χ4n) is 5.10. The van der Waals surface area contributed by atoms with Gasteiger partial charge < -0.3 is 9.84 Å². The first-order valence-electron chi connectivity index (χ1n) is 13.3. The highest BCUT2D eigenvalue weighted by Crippen LogP contribution is 2.39. The van der Waals surface area contributed by atoms with E-state index in [1.807, 2.05) is 11.9 Å². The van der Waals surface area contributed by atoms with Crippen LogP contribution < -0.4 is 0 Å². The van der Waals surface area contributed by atoms with Gasteiger partial charge in [-0.15, -0.1) is 0 Å². The third-order valence-electron chi connectivity index (χ3n) is 7.47. The van der Waals surface area contributed by atoms with Crippen molar-refractivity contribution >= 4 is 11.9 Å². The summed E-state index contributed by atoms with van der Waals surface area (Å²) in [4.78, 5) is 26.1. The monoisotopic (exact) mass is 495 g/mol. The summed E-state index contributed by atoms with van der Waals surface area (Å²) in [5, 5.41) is 9.67. The molecule has 1 fully saturated rings. The van der Waals surface area contributed by atoms with Gasteiger partial charge in [0, 0.05) is 18.2 Å². The van der Waals surface area contributed by atoms with Gasteiger partial charge in [-0.05, 0) is 58.1 Å². The topological polar surface area (TPSA) is 66.8 Å². The molecule has 0 amide bonds. The zero-order chi connectivity index (χ0) is 25.8. The molecule has 1 aliphatic carbocycles. The number of ether oxygens (including phenoxy) is 1. The van der Waals surface area contributed by atoms with Crippen LogP contribution in [0, 0.1) is 17.0 Å². The van der Waals surface area contributed by atoms with Gasteiger partial charge in [-0.25, -0.2) is 8.78 Å². The van der Waals surface area contributed by atoms with Crippen LogP contribution >= 0.6 is 0 Å². The number of esters is 1. The lowest BCUT2D eigenvalue weighted by Crippen LogP contribution is -2.47. The van der Waals surface area contributed by atoms with Crippen molar-refractivity contribution in [2.45, 2.75) is 110 Å². The Morgan fingerprint density at radius 1 is 0.971 bits per heavy atom. The normalized spacial score (nSPS) is 20.2. The fourth-order valence-corrected chi connectivity index (χ4v) is 5.10. The van der Waals surface area contributed by atoms with E-state index in [0.29, 0.717) is 30.4 Å². The van der Waals surface area contributed by atoms with Crippen LogP contribution in [-0.4, -0.2) is 41.6 Å². The van der Waals surface area contributed by atoms with Crippen LogP contribution in [-0.2, 0) is 27.3 Å². The molecule has 5 nitrogen and oxygen atoms in total. The number of rotatable bonds is 15. The molecule has 35 heavy (non-hydrogen) atoms. The van der Waals surface area contributed by atoms with Crippen molar-refractivity contribution in [2.24, 2.45) is 5.41 Å². The maximum Gasteiger partial charge on any atom is 0.323 e. The van der Waals surface area contributed by atoms with Crippen molar-refractivity contribution in [1.82, 2.24) is 4.90 Å². The highest BCUT2D eigenvalue weighted by atomic mass is 19.2. The lowest BCUT2D eigenvalue weighted by molar-refractivity contribution is -0.172. The summed E-state index contributed by atoms with van der Waals surface area (Å²) in [6, 6.07) is 3.34. The summed E-state index contributed by atoms with van der Waals surface area (Å²) in [6.07, 6.45) is 11.1. The number of nitrogens with zero attached hydrogens (tertiary/aromatic N) is 1. The average molecular weight is 496 g/mol. The summed E-state index contributed by atoms with van der Waals surface area (Å²) in [7, 11) is 1.83. The number of benzene rings is 1. The molecule has 0 heterocycles. The van der Waals surface area contributed by atoms with Crippen LogP contribution in [0.4, 0.5) is 8.78 Å². The number of carboxylic acid groups (broad SMARTS) is 1. The molecule has 0 radical (unpaired) electrons. The first-order valence-corrected chi connectivity index (χ1v) is 13.3. The van der Waals surface area contributed by atoms with Crippen molar-refractivity contribution < 1.29 is 28.2 Å². The Morgan fingerprint density at radius 3 is 2.09 bits per heavy atom. The summed E-state index contributed by atoms with van der Waals surface area (Å²) in [5.74, 6) is -3.39. The molecule has 2 rings (SSSR count). The Morgan fingerprint density at radius 2 is 1.51 bits per heavy atom. The lowest BCUT2D eigenvalue weighted by atomic mass is 9.72. The van der Waals surface area contributed by atoms with Crippen LogP contribution in [0.1, 0.15) is 102 Å². The second kappa shape index (κ2) is 14.5. The number of unbranched alkanes of at least 4 members (excludes halogenated alkanes) is 7. The van der Waals surface area contributed by atoms with Crippen molar-refractivity contribution in [3.8, 4) is 0 Å². The molecule has 0 atom stereocenters. The predicted molar refractivity (Wildman–Crippen MR) is 133 cm³/mol. The van der Waals surface area contributed by atoms with Gasteiger partial charge in [0.25, 0.3) is 0 Å². The van der Waals surface area contributed by atoms with Crippen molar-refractivity contribution in [1.29, 1.82) is 0 Å². The van der Waals surface area contributed by atoms with Crippen molar-refractivity contribution in [3.63, 3.8) is 0 Å². The van der Waals surface area contributed by atoms with Crippen LogP contribution in [0.15, 0.2) is 12.1 Å². The van der Waals surface area contributed by atoms with E-state index in [1.54, 1.807) is 19.1 Å². The van der Waals surface area contributed by atoms with Gasteiger partial charge in [-0.3, -0.25) is 14.5 Å². The number of aliphatic carboxylic acids is 1. The van der Waals surface area contributed by atoms with Gasteiger partial charge in [0.2, 0.25) is 0 Å². The molecule has 198 valence electrons. The molecule has 0 unspecified atom stereocenters. The SMILES string of the molecule is CCCCCCCCCCc1ccc(CN(C)C2CCC(C(=O)O)(C(=O)OCC)CC2)c(F)c1F. The number of carbonyl (C=O) groups excluding carboxylic acids is 1. The van der Waals surface area contributed by atoms with Gasteiger partial charge in [-0.2, -0.15) is 0 Å². The Balaban J connectivity index is 1.87. The largest absolute Gasteiger partial charge is 0.480 e. The molecule has 1 saturated carbocycles. The Kier molecular flexibility index (Phi) is 12.1. The predicted octanol–water partition coefficient (Wildman–Crippen LogP) is 6.66. The van der Waals surface area contributed by atoms with Gasteiger partial charge in [0.05, 0.1) is 6.61 Å². The molecule has 0 bridgehead atoms.